The number of carbonyl (C=O) groups excluding carboxylic acids is 1. The van der Waals surface area contributed by atoms with Crippen LogP contribution in [0, 0.1) is 6.92 Å². The van der Waals surface area contributed by atoms with Crippen molar-refractivity contribution in [1.82, 2.24) is 0 Å². The maximum Gasteiger partial charge on any atom is 0.195 e. The van der Waals surface area contributed by atoms with Crippen LogP contribution in [0.15, 0.2) is 66.7 Å². The topological polar surface area (TPSA) is 51.0 Å². The zero-order valence-electron chi connectivity index (χ0n) is 19.9. The van der Waals surface area contributed by atoms with E-state index in [1.54, 1.807) is 17.0 Å². The van der Waals surface area contributed by atoms with Crippen LogP contribution in [0.4, 0.5) is 0 Å². The SMILES string of the molecule is C.Cc1ccc(-c2sc3cc(O)ccc3c2C(=O)c2ccc(OCC[NH+]3CCCCC3)cc2)cc1.[Cl-]. The highest BCUT2D eigenvalue weighted by atomic mass is 35.5. The zero-order valence-corrected chi connectivity index (χ0v) is 21.4. The van der Waals surface area contributed by atoms with Crippen LogP contribution < -0.4 is 22.0 Å². The number of halogens is 1. The van der Waals surface area contributed by atoms with Gasteiger partial charge in [0.2, 0.25) is 0 Å². The number of likely N-dealkylation sites (tertiary alicyclic amines) is 1. The Morgan fingerprint density at radius 3 is 2.36 bits per heavy atom. The smallest absolute Gasteiger partial charge is 0.195 e. The number of aryl methyl sites for hydroxylation is 1. The number of rotatable bonds is 7. The fourth-order valence-corrected chi connectivity index (χ4v) is 5.92. The van der Waals surface area contributed by atoms with E-state index in [2.05, 4.69) is 31.2 Å². The molecule has 36 heavy (non-hydrogen) atoms. The predicted octanol–water partition coefficient (Wildman–Crippen LogP) is 2.90. The summed E-state index contributed by atoms with van der Waals surface area (Å²) in [5, 5.41) is 10.9. The van der Waals surface area contributed by atoms with Gasteiger partial charge in [-0.1, -0.05) is 37.3 Å². The molecule has 190 valence electrons. The molecular weight excluding hydrogens is 490 g/mol. The van der Waals surface area contributed by atoms with Gasteiger partial charge in [0.1, 0.15) is 24.7 Å². The molecule has 1 aromatic heterocycles. The highest BCUT2D eigenvalue weighted by Gasteiger charge is 2.22. The molecule has 0 bridgehead atoms. The van der Waals surface area contributed by atoms with Crippen molar-refractivity contribution in [3.8, 4) is 21.9 Å². The first-order chi connectivity index (χ1) is 16.6. The van der Waals surface area contributed by atoms with Crippen molar-refractivity contribution in [2.75, 3.05) is 26.2 Å². The second kappa shape index (κ2) is 12.4. The average Bonchev–Trinajstić information content (AvgIpc) is 3.23. The Morgan fingerprint density at radius 2 is 1.67 bits per heavy atom. The average molecular weight is 524 g/mol. The predicted molar refractivity (Wildman–Crippen MR) is 145 cm³/mol. The molecule has 1 fully saturated rings. The van der Waals surface area contributed by atoms with Gasteiger partial charge in [0.25, 0.3) is 0 Å². The number of benzene rings is 3. The molecule has 4 aromatic rings. The molecule has 0 unspecified atom stereocenters. The normalized spacial score (nSPS) is 13.6. The molecule has 6 heteroatoms. The van der Waals surface area contributed by atoms with Gasteiger partial charge in [0.15, 0.2) is 5.78 Å². The van der Waals surface area contributed by atoms with Crippen molar-refractivity contribution in [2.45, 2.75) is 33.6 Å². The van der Waals surface area contributed by atoms with E-state index < -0.39 is 0 Å². The fourth-order valence-electron chi connectivity index (χ4n) is 4.68. The quantitative estimate of drug-likeness (QED) is 0.366. The van der Waals surface area contributed by atoms with E-state index in [1.807, 2.05) is 30.3 Å². The Kier molecular flexibility index (Phi) is 9.55. The lowest BCUT2D eigenvalue weighted by Gasteiger charge is -2.23. The van der Waals surface area contributed by atoms with Gasteiger partial charge in [0, 0.05) is 26.1 Å². The van der Waals surface area contributed by atoms with Crippen LogP contribution in [-0.2, 0) is 0 Å². The van der Waals surface area contributed by atoms with Crippen LogP contribution in [0.2, 0.25) is 0 Å². The standard InChI is InChI=1S/C29H29NO3S.CH4.ClH/c1-20-5-7-22(8-6-20)29-27(25-14-11-23(31)19-26(25)34-29)28(32)21-9-12-24(13-10-21)33-18-17-30-15-3-2-4-16-30;;/h5-14,19,31H,2-4,15-18H2,1H3;1H4;1H. The number of aromatic hydroxyl groups is 1. The van der Waals surface area contributed by atoms with Gasteiger partial charge in [-0.3, -0.25) is 4.79 Å². The Hall–Kier alpha value is -2.86. The van der Waals surface area contributed by atoms with E-state index in [0.717, 1.165) is 32.8 Å². The van der Waals surface area contributed by atoms with Crippen molar-refractivity contribution in [1.29, 1.82) is 0 Å². The lowest BCUT2D eigenvalue weighted by Crippen LogP contribution is -3.13. The summed E-state index contributed by atoms with van der Waals surface area (Å²) in [6, 6.07) is 20.9. The highest BCUT2D eigenvalue weighted by molar-refractivity contribution is 7.22. The summed E-state index contributed by atoms with van der Waals surface area (Å²) in [4.78, 5) is 16.2. The molecule has 0 amide bonds. The minimum Gasteiger partial charge on any atom is -1.00 e. The van der Waals surface area contributed by atoms with Crippen molar-refractivity contribution >= 4 is 27.2 Å². The number of nitrogens with one attached hydrogen (secondary N) is 1. The van der Waals surface area contributed by atoms with E-state index in [0.29, 0.717) is 17.7 Å². The summed E-state index contributed by atoms with van der Waals surface area (Å²) in [6.45, 7) is 6.25. The third-order valence-electron chi connectivity index (χ3n) is 6.62. The van der Waals surface area contributed by atoms with Gasteiger partial charge in [-0.25, -0.2) is 0 Å². The third-order valence-corrected chi connectivity index (χ3v) is 7.82. The maximum atomic E-state index is 13.7. The number of piperidine rings is 1. The second-order valence-electron chi connectivity index (χ2n) is 9.12. The van der Waals surface area contributed by atoms with E-state index in [-0.39, 0.29) is 31.4 Å². The van der Waals surface area contributed by atoms with Crippen molar-refractivity contribution in [2.24, 2.45) is 0 Å². The van der Waals surface area contributed by atoms with Crippen LogP contribution in [0.25, 0.3) is 20.5 Å². The molecule has 5 rings (SSSR count). The molecule has 0 aliphatic carbocycles. The van der Waals surface area contributed by atoms with Crippen LogP contribution in [-0.4, -0.2) is 37.1 Å². The molecule has 0 spiro atoms. The Labute approximate surface area is 223 Å². The molecule has 1 aliphatic rings. The fraction of sp³-hybridized carbons (Fsp3) is 0.300. The van der Waals surface area contributed by atoms with Crippen LogP contribution >= 0.6 is 11.3 Å². The van der Waals surface area contributed by atoms with Gasteiger partial charge in [-0.15, -0.1) is 11.3 Å². The Balaban J connectivity index is 0.00000180. The number of phenolic OH excluding ortho intramolecular Hbond substituents is 1. The Morgan fingerprint density at radius 1 is 0.972 bits per heavy atom. The van der Waals surface area contributed by atoms with Crippen LogP contribution in [0.3, 0.4) is 0 Å². The van der Waals surface area contributed by atoms with Crippen molar-refractivity contribution in [3.63, 3.8) is 0 Å². The van der Waals surface area contributed by atoms with Crippen molar-refractivity contribution in [3.05, 3.63) is 83.4 Å². The summed E-state index contributed by atoms with van der Waals surface area (Å²) in [6.07, 6.45) is 3.98. The van der Waals surface area contributed by atoms with E-state index >= 15 is 0 Å². The van der Waals surface area contributed by atoms with Gasteiger partial charge >= 0.3 is 0 Å². The first-order valence-electron chi connectivity index (χ1n) is 12.0. The van der Waals surface area contributed by atoms with Crippen molar-refractivity contribution < 1.29 is 31.9 Å². The Bertz CT molecular complexity index is 1290. The first kappa shape index (κ1) is 27.7. The zero-order chi connectivity index (χ0) is 23.5. The minimum absolute atomic E-state index is 0. The minimum atomic E-state index is -0.0168. The number of ketones is 1. The number of thiophene rings is 1. The highest BCUT2D eigenvalue weighted by Crippen LogP contribution is 2.41. The number of ether oxygens (including phenoxy) is 1. The number of hydrogen-bond donors (Lipinski definition) is 2. The van der Waals surface area contributed by atoms with E-state index in [9.17, 15) is 9.90 Å². The van der Waals surface area contributed by atoms with Gasteiger partial charge in [-0.05, 0) is 74.2 Å². The summed E-state index contributed by atoms with van der Waals surface area (Å²) in [5.74, 6) is 0.986. The molecule has 2 heterocycles. The van der Waals surface area contributed by atoms with Crippen LogP contribution in [0.5, 0.6) is 11.5 Å². The van der Waals surface area contributed by atoms with Gasteiger partial charge in [-0.2, -0.15) is 0 Å². The van der Waals surface area contributed by atoms with Gasteiger partial charge in [0.05, 0.1) is 13.1 Å². The number of quaternary nitrogens is 1. The first-order valence-corrected chi connectivity index (χ1v) is 12.8. The maximum absolute atomic E-state index is 13.7. The molecule has 0 atom stereocenters. The molecular formula is C30H34ClNO3S. The molecule has 3 aromatic carbocycles. The summed E-state index contributed by atoms with van der Waals surface area (Å²) in [5.41, 5.74) is 3.50. The number of phenols is 1. The summed E-state index contributed by atoms with van der Waals surface area (Å²) in [7, 11) is 0. The molecule has 1 saturated heterocycles. The third kappa shape index (κ3) is 6.09. The van der Waals surface area contributed by atoms with E-state index in [4.69, 9.17) is 4.74 Å². The number of carbonyl (C=O) groups is 1. The largest absolute Gasteiger partial charge is 1.00 e. The monoisotopic (exact) mass is 523 g/mol. The summed E-state index contributed by atoms with van der Waals surface area (Å²) < 4.78 is 6.87. The second-order valence-corrected chi connectivity index (χ2v) is 10.2. The van der Waals surface area contributed by atoms with Crippen LogP contribution in [0.1, 0.15) is 48.2 Å². The molecule has 0 saturated carbocycles. The molecule has 0 radical (unpaired) electrons. The molecule has 2 N–H and O–H groups in total. The lowest BCUT2D eigenvalue weighted by molar-refractivity contribution is -0.904. The number of hydrogen-bond acceptors (Lipinski definition) is 4. The lowest BCUT2D eigenvalue weighted by atomic mass is 9.97. The number of fused-ring (bicyclic) bond motifs is 1. The molecule has 1 aliphatic heterocycles. The summed E-state index contributed by atoms with van der Waals surface area (Å²) >= 11 is 1.54. The van der Waals surface area contributed by atoms with E-state index in [1.165, 1.54) is 49.3 Å². The van der Waals surface area contributed by atoms with Gasteiger partial charge < -0.3 is 27.2 Å². The molecule has 4 nitrogen and oxygen atoms in total.